The van der Waals surface area contributed by atoms with Crippen LogP contribution in [-0.4, -0.2) is 34.2 Å². The monoisotopic (exact) mass is 432 g/mol. The molecule has 0 heterocycles. The van der Waals surface area contributed by atoms with E-state index >= 15 is 0 Å². The van der Waals surface area contributed by atoms with Crippen LogP contribution in [0.5, 0.6) is 5.75 Å². The largest absolute Gasteiger partial charge is 0.497 e. The van der Waals surface area contributed by atoms with E-state index in [4.69, 9.17) is 4.74 Å². The van der Waals surface area contributed by atoms with Crippen molar-refractivity contribution in [3.05, 3.63) is 59.2 Å². The molecule has 7 heteroatoms. The summed E-state index contributed by atoms with van der Waals surface area (Å²) in [4.78, 5) is 12.9. The Balaban J connectivity index is 2.24. The maximum atomic E-state index is 12.9. The summed E-state index contributed by atoms with van der Waals surface area (Å²) in [7, 11) is -2.01. The summed E-state index contributed by atoms with van der Waals surface area (Å²) >= 11 is 0. The van der Waals surface area contributed by atoms with Crippen LogP contribution in [-0.2, 0) is 14.8 Å². The fourth-order valence-corrected chi connectivity index (χ4v) is 4.09. The summed E-state index contributed by atoms with van der Waals surface area (Å²) in [6, 6.07) is 12.7. The number of benzene rings is 2. The van der Waals surface area contributed by atoms with Gasteiger partial charge in [0.15, 0.2) is 0 Å². The highest BCUT2D eigenvalue weighted by atomic mass is 32.2. The summed E-state index contributed by atoms with van der Waals surface area (Å²) in [6.07, 6.45) is 1.85. The lowest BCUT2D eigenvalue weighted by atomic mass is 9.97. The number of amides is 1. The van der Waals surface area contributed by atoms with Gasteiger partial charge < -0.3 is 10.1 Å². The molecule has 0 saturated heterocycles. The standard InChI is InChI=1S/C23H32N2O4S/c1-16(2)13-22(19-8-11-21(29-5)12-9-19)24-23(26)15-25(30(6,27)28)20-10-7-17(3)18(4)14-20/h7-12,14,16,22H,13,15H2,1-6H3,(H,24,26)/t22-/m0/s1. The molecule has 0 aliphatic heterocycles. The molecule has 0 radical (unpaired) electrons. The smallest absolute Gasteiger partial charge is 0.241 e. The second-order valence-electron chi connectivity index (χ2n) is 8.06. The van der Waals surface area contributed by atoms with Crippen molar-refractivity contribution in [2.75, 3.05) is 24.2 Å². The molecule has 0 aromatic heterocycles. The van der Waals surface area contributed by atoms with Gasteiger partial charge in [0.25, 0.3) is 0 Å². The third-order valence-electron chi connectivity index (χ3n) is 5.03. The maximum Gasteiger partial charge on any atom is 0.241 e. The molecule has 1 N–H and O–H groups in total. The van der Waals surface area contributed by atoms with Crippen LogP contribution in [0.1, 0.15) is 43.0 Å². The van der Waals surface area contributed by atoms with E-state index in [2.05, 4.69) is 19.2 Å². The quantitative estimate of drug-likeness (QED) is 0.650. The lowest BCUT2D eigenvalue weighted by Gasteiger charge is -2.26. The molecule has 2 aromatic rings. The molecule has 0 spiro atoms. The van der Waals surface area contributed by atoms with E-state index in [-0.39, 0.29) is 18.5 Å². The van der Waals surface area contributed by atoms with Crippen molar-refractivity contribution >= 4 is 21.6 Å². The Morgan fingerprint density at radius 3 is 2.20 bits per heavy atom. The maximum absolute atomic E-state index is 12.9. The zero-order valence-corrected chi connectivity index (χ0v) is 19.4. The van der Waals surface area contributed by atoms with Crippen molar-refractivity contribution in [2.24, 2.45) is 5.92 Å². The van der Waals surface area contributed by atoms with Gasteiger partial charge in [0, 0.05) is 0 Å². The van der Waals surface area contributed by atoms with Crippen molar-refractivity contribution in [3.63, 3.8) is 0 Å². The molecule has 0 saturated carbocycles. The van der Waals surface area contributed by atoms with Crippen molar-refractivity contribution in [1.82, 2.24) is 5.32 Å². The van der Waals surface area contributed by atoms with Gasteiger partial charge in [-0.1, -0.05) is 32.0 Å². The predicted octanol–water partition coefficient (Wildman–Crippen LogP) is 3.98. The second kappa shape index (κ2) is 9.98. The third kappa shape index (κ3) is 6.49. The van der Waals surface area contributed by atoms with Gasteiger partial charge in [0.05, 0.1) is 25.1 Å². The second-order valence-corrected chi connectivity index (χ2v) is 9.97. The van der Waals surface area contributed by atoms with Gasteiger partial charge in [0.1, 0.15) is 12.3 Å². The zero-order chi connectivity index (χ0) is 22.5. The van der Waals surface area contributed by atoms with Crippen LogP contribution < -0.4 is 14.4 Å². The molecule has 0 aliphatic rings. The lowest BCUT2D eigenvalue weighted by Crippen LogP contribution is -2.41. The van der Waals surface area contributed by atoms with Crippen molar-refractivity contribution < 1.29 is 17.9 Å². The molecule has 1 atom stereocenters. The summed E-state index contributed by atoms with van der Waals surface area (Å²) in [5.74, 6) is 0.745. The Labute approximate surface area is 180 Å². The van der Waals surface area contributed by atoms with E-state index in [0.29, 0.717) is 11.6 Å². The SMILES string of the molecule is COc1ccc([C@H](CC(C)C)NC(=O)CN(c2ccc(C)c(C)c2)S(C)(=O)=O)cc1. The average molecular weight is 433 g/mol. The Morgan fingerprint density at radius 2 is 1.70 bits per heavy atom. The Hall–Kier alpha value is -2.54. The van der Waals surface area contributed by atoms with Crippen molar-refractivity contribution in [2.45, 2.75) is 40.2 Å². The fraction of sp³-hybridized carbons (Fsp3) is 0.435. The number of hydrogen-bond acceptors (Lipinski definition) is 4. The first-order valence-corrected chi connectivity index (χ1v) is 11.8. The van der Waals surface area contributed by atoms with Gasteiger partial charge in [-0.3, -0.25) is 9.10 Å². The van der Waals surface area contributed by atoms with Crippen LogP contribution in [0.2, 0.25) is 0 Å². The van der Waals surface area contributed by atoms with Gasteiger partial charge >= 0.3 is 0 Å². The highest BCUT2D eigenvalue weighted by molar-refractivity contribution is 7.92. The summed E-state index contributed by atoms with van der Waals surface area (Å²) in [5, 5.41) is 3.01. The van der Waals surface area contributed by atoms with E-state index in [1.807, 2.05) is 44.2 Å². The Bertz CT molecular complexity index is 969. The van der Waals surface area contributed by atoms with Gasteiger partial charge in [-0.25, -0.2) is 8.42 Å². The van der Waals surface area contributed by atoms with E-state index in [9.17, 15) is 13.2 Å². The van der Waals surface area contributed by atoms with Gasteiger partial charge in [-0.15, -0.1) is 0 Å². The molecular formula is C23H32N2O4S. The normalized spacial score (nSPS) is 12.5. The first-order valence-electron chi connectivity index (χ1n) is 9.99. The minimum absolute atomic E-state index is 0.218. The summed E-state index contributed by atoms with van der Waals surface area (Å²) in [6.45, 7) is 7.77. The molecule has 30 heavy (non-hydrogen) atoms. The number of ether oxygens (including phenoxy) is 1. The number of aryl methyl sites for hydroxylation is 2. The number of nitrogens with zero attached hydrogens (tertiary/aromatic N) is 1. The molecule has 1 amide bonds. The van der Waals surface area contributed by atoms with E-state index in [1.54, 1.807) is 19.2 Å². The number of carbonyl (C=O) groups is 1. The van der Waals surface area contributed by atoms with Crippen LogP contribution in [0, 0.1) is 19.8 Å². The Kier molecular flexibility index (Phi) is 7.89. The van der Waals surface area contributed by atoms with Crippen LogP contribution in [0.25, 0.3) is 0 Å². The van der Waals surface area contributed by atoms with Crippen LogP contribution in [0.4, 0.5) is 5.69 Å². The minimum atomic E-state index is -3.62. The molecule has 2 rings (SSSR count). The number of carbonyl (C=O) groups excluding carboxylic acids is 1. The molecular weight excluding hydrogens is 400 g/mol. The minimum Gasteiger partial charge on any atom is -0.497 e. The molecule has 0 aliphatic carbocycles. The molecule has 0 bridgehead atoms. The summed E-state index contributed by atoms with van der Waals surface area (Å²) < 4.78 is 31.2. The summed E-state index contributed by atoms with van der Waals surface area (Å²) in [5.41, 5.74) is 3.47. The van der Waals surface area contributed by atoms with Crippen molar-refractivity contribution in [1.29, 1.82) is 0 Å². The van der Waals surface area contributed by atoms with E-state index in [0.717, 1.165) is 39.4 Å². The zero-order valence-electron chi connectivity index (χ0n) is 18.6. The highest BCUT2D eigenvalue weighted by Gasteiger charge is 2.23. The van der Waals surface area contributed by atoms with Crippen LogP contribution in [0.3, 0.4) is 0 Å². The molecule has 2 aromatic carbocycles. The van der Waals surface area contributed by atoms with Gasteiger partial charge in [-0.2, -0.15) is 0 Å². The van der Waals surface area contributed by atoms with Gasteiger partial charge in [0.2, 0.25) is 15.9 Å². The van der Waals surface area contributed by atoms with Crippen LogP contribution >= 0.6 is 0 Å². The molecule has 6 nitrogen and oxygen atoms in total. The topological polar surface area (TPSA) is 75.7 Å². The van der Waals surface area contributed by atoms with E-state index < -0.39 is 10.0 Å². The van der Waals surface area contributed by atoms with Crippen molar-refractivity contribution in [3.8, 4) is 5.75 Å². The third-order valence-corrected chi connectivity index (χ3v) is 6.17. The number of anilines is 1. The fourth-order valence-electron chi connectivity index (χ4n) is 3.24. The number of nitrogens with one attached hydrogen (secondary N) is 1. The lowest BCUT2D eigenvalue weighted by molar-refractivity contribution is -0.120. The first-order chi connectivity index (χ1) is 14.0. The number of sulfonamides is 1. The van der Waals surface area contributed by atoms with Gasteiger partial charge in [-0.05, 0) is 67.1 Å². The Morgan fingerprint density at radius 1 is 1.07 bits per heavy atom. The highest BCUT2D eigenvalue weighted by Crippen LogP contribution is 2.25. The molecule has 0 unspecified atom stereocenters. The molecule has 164 valence electrons. The van der Waals surface area contributed by atoms with Crippen LogP contribution in [0.15, 0.2) is 42.5 Å². The number of rotatable bonds is 9. The van der Waals surface area contributed by atoms with E-state index in [1.165, 1.54) is 0 Å². The average Bonchev–Trinajstić information content (AvgIpc) is 2.67. The predicted molar refractivity (Wildman–Crippen MR) is 121 cm³/mol. The first kappa shape index (κ1) is 23.7. The molecule has 0 fully saturated rings. The number of methoxy groups -OCH3 is 1. The number of hydrogen-bond donors (Lipinski definition) is 1.